The van der Waals surface area contributed by atoms with E-state index in [-0.39, 0.29) is 0 Å². The molecule has 0 aliphatic carbocycles. The van der Waals surface area contributed by atoms with Crippen LogP contribution in [0.2, 0.25) is 0 Å². The van der Waals surface area contributed by atoms with E-state index >= 15 is 0 Å². The van der Waals surface area contributed by atoms with Crippen molar-refractivity contribution >= 4 is 21.4 Å². The molecular weight excluding hydrogens is 316 g/mol. The van der Waals surface area contributed by atoms with E-state index in [0.29, 0.717) is 10.8 Å². The summed E-state index contributed by atoms with van der Waals surface area (Å²) >= 11 is 1.23. The van der Waals surface area contributed by atoms with Crippen molar-refractivity contribution in [1.82, 2.24) is 9.62 Å². The van der Waals surface area contributed by atoms with Crippen LogP contribution in [-0.2, 0) is 23.1 Å². The minimum atomic E-state index is -3.39. The number of hydrogen-bond acceptors (Lipinski definition) is 4. The SMILES string of the molecule is O=S(=O)(NCc1cccc(CN2CCCC2)c1)c1cccs1. The quantitative estimate of drug-likeness (QED) is 0.882. The van der Waals surface area contributed by atoms with Crippen molar-refractivity contribution in [2.24, 2.45) is 0 Å². The lowest BCUT2D eigenvalue weighted by Crippen LogP contribution is -2.22. The van der Waals surface area contributed by atoms with E-state index in [2.05, 4.69) is 21.8 Å². The maximum absolute atomic E-state index is 12.1. The molecule has 0 amide bonds. The first-order chi connectivity index (χ1) is 10.6. The molecule has 2 heterocycles. The highest BCUT2D eigenvalue weighted by Crippen LogP contribution is 2.17. The second kappa shape index (κ2) is 6.91. The Morgan fingerprint density at radius 1 is 1.09 bits per heavy atom. The molecular formula is C16H20N2O2S2. The summed E-state index contributed by atoms with van der Waals surface area (Å²) in [6, 6.07) is 11.5. The Morgan fingerprint density at radius 2 is 1.86 bits per heavy atom. The fraction of sp³-hybridized carbons (Fsp3) is 0.375. The summed E-state index contributed by atoms with van der Waals surface area (Å²) in [4.78, 5) is 2.44. The first-order valence-electron chi connectivity index (χ1n) is 7.47. The number of nitrogens with one attached hydrogen (secondary N) is 1. The standard InChI is InChI=1S/C16H20N2O2S2/c19-22(20,16-7-4-10-21-16)17-12-14-5-3-6-15(11-14)13-18-8-1-2-9-18/h3-7,10-11,17H,1-2,8-9,12-13H2. The molecule has 1 aliphatic heterocycles. The van der Waals surface area contributed by atoms with Crippen molar-refractivity contribution < 1.29 is 8.42 Å². The molecule has 6 heteroatoms. The van der Waals surface area contributed by atoms with E-state index in [1.807, 2.05) is 12.1 Å². The molecule has 1 N–H and O–H groups in total. The Hall–Kier alpha value is -1.21. The van der Waals surface area contributed by atoms with Gasteiger partial charge in [0.25, 0.3) is 0 Å². The van der Waals surface area contributed by atoms with Crippen LogP contribution in [0.15, 0.2) is 46.0 Å². The van der Waals surface area contributed by atoms with Crippen LogP contribution < -0.4 is 4.72 Å². The molecule has 3 rings (SSSR count). The normalized spacial score (nSPS) is 16.2. The van der Waals surface area contributed by atoms with Crippen LogP contribution in [0, 0.1) is 0 Å². The number of thiophene rings is 1. The Morgan fingerprint density at radius 3 is 2.59 bits per heavy atom. The molecule has 1 aromatic carbocycles. The van der Waals surface area contributed by atoms with Gasteiger partial charge < -0.3 is 0 Å². The van der Waals surface area contributed by atoms with Crippen LogP contribution in [0.1, 0.15) is 24.0 Å². The maximum atomic E-state index is 12.1. The Kier molecular flexibility index (Phi) is 4.93. The minimum Gasteiger partial charge on any atom is -0.299 e. The number of nitrogens with zero attached hydrogens (tertiary/aromatic N) is 1. The maximum Gasteiger partial charge on any atom is 0.250 e. The molecule has 118 valence electrons. The lowest BCUT2D eigenvalue weighted by atomic mass is 10.1. The van der Waals surface area contributed by atoms with Gasteiger partial charge in [-0.3, -0.25) is 4.90 Å². The van der Waals surface area contributed by atoms with Gasteiger partial charge in [-0.2, -0.15) is 0 Å². The van der Waals surface area contributed by atoms with Gasteiger partial charge >= 0.3 is 0 Å². The zero-order valence-electron chi connectivity index (χ0n) is 12.4. The summed E-state index contributed by atoms with van der Waals surface area (Å²) in [5.74, 6) is 0. The van der Waals surface area contributed by atoms with Crippen LogP contribution in [-0.4, -0.2) is 26.4 Å². The number of likely N-dealkylation sites (tertiary alicyclic amines) is 1. The Labute approximate surface area is 135 Å². The predicted molar refractivity (Wildman–Crippen MR) is 89.3 cm³/mol. The fourth-order valence-electron chi connectivity index (χ4n) is 2.70. The van der Waals surface area contributed by atoms with E-state index in [1.165, 1.54) is 29.7 Å². The Balaban J connectivity index is 1.63. The molecule has 0 spiro atoms. The molecule has 2 aromatic rings. The zero-order valence-corrected chi connectivity index (χ0v) is 14.0. The second-order valence-corrected chi connectivity index (χ2v) is 8.50. The molecule has 1 aromatic heterocycles. The van der Waals surface area contributed by atoms with Crippen molar-refractivity contribution in [3.8, 4) is 0 Å². The van der Waals surface area contributed by atoms with E-state index in [9.17, 15) is 8.42 Å². The van der Waals surface area contributed by atoms with Crippen molar-refractivity contribution in [1.29, 1.82) is 0 Å². The largest absolute Gasteiger partial charge is 0.299 e. The molecule has 1 saturated heterocycles. The van der Waals surface area contributed by atoms with Crippen molar-refractivity contribution in [3.63, 3.8) is 0 Å². The summed E-state index contributed by atoms with van der Waals surface area (Å²) in [5, 5.41) is 1.77. The molecule has 22 heavy (non-hydrogen) atoms. The first kappa shape index (κ1) is 15.7. The van der Waals surface area contributed by atoms with Crippen LogP contribution in [0.4, 0.5) is 0 Å². The highest BCUT2D eigenvalue weighted by Gasteiger charge is 2.15. The van der Waals surface area contributed by atoms with Crippen molar-refractivity contribution in [2.75, 3.05) is 13.1 Å². The molecule has 1 fully saturated rings. The number of benzene rings is 1. The molecule has 4 nitrogen and oxygen atoms in total. The van der Waals surface area contributed by atoms with E-state index in [0.717, 1.165) is 25.2 Å². The topological polar surface area (TPSA) is 49.4 Å². The third kappa shape index (κ3) is 3.95. The van der Waals surface area contributed by atoms with Gasteiger partial charge in [0.2, 0.25) is 10.0 Å². The lowest BCUT2D eigenvalue weighted by molar-refractivity contribution is 0.331. The van der Waals surface area contributed by atoms with Crippen LogP contribution in [0.25, 0.3) is 0 Å². The summed E-state index contributed by atoms with van der Waals surface area (Å²) in [7, 11) is -3.39. The van der Waals surface area contributed by atoms with E-state index < -0.39 is 10.0 Å². The summed E-state index contributed by atoms with van der Waals surface area (Å²) in [6.07, 6.45) is 2.56. The van der Waals surface area contributed by atoms with Crippen LogP contribution in [0.5, 0.6) is 0 Å². The minimum absolute atomic E-state index is 0.327. The smallest absolute Gasteiger partial charge is 0.250 e. The Bertz CT molecular complexity index is 706. The summed E-state index contributed by atoms with van der Waals surface area (Å²) < 4.78 is 27.3. The highest BCUT2D eigenvalue weighted by atomic mass is 32.2. The second-order valence-electron chi connectivity index (χ2n) is 5.56. The van der Waals surface area contributed by atoms with Gasteiger partial charge in [0.1, 0.15) is 4.21 Å². The van der Waals surface area contributed by atoms with Gasteiger partial charge in [-0.15, -0.1) is 11.3 Å². The monoisotopic (exact) mass is 336 g/mol. The summed E-state index contributed by atoms with van der Waals surface area (Å²) in [6.45, 7) is 3.60. The van der Waals surface area contributed by atoms with Gasteiger partial charge in [-0.25, -0.2) is 13.1 Å². The number of sulfonamides is 1. The third-order valence-corrected chi connectivity index (χ3v) is 6.62. The van der Waals surface area contributed by atoms with Crippen LogP contribution >= 0.6 is 11.3 Å². The molecule has 1 aliphatic rings. The highest BCUT2D eigenvalue weighted by molar-refractivity contribution is 7.91. The average molecular weight is 336 g/mol. The lowest BCUT2D eigenvalue weighted by Gasteiger charge is -2.15. The average Bonchev–Trinajstić information content (AvgIpc) is 3.19. The molecule has 0 bridgehead atoms. The van der Waals surface area contributed by atoms with Gasteiger partial charge in [-0.05, 0) is 48.5 Å². The first-order valence-corrected chi connectivity index (χ1v) is 9.83. The fourth-order valence-corrected chi connectivity index (χ4v) is 4.76. The van der Waals surface area contributed by atoms with Gasteiger partial charge in [-0.1, -0.05) is 30.3 Å². The van der Waals surface area contributed by atoms with E-state index in [1.54, 1.807) is 17.5 Å². The van der Waals surface area contributed by atoms with Crippen molar-refractivity contribution in [3.05, 3.63) is 52.9 Å². The van der Waals surface area contributed by atoms with Gasteiger partial charge in [0, 0.05) is 13.1 Å². The van der Waals surface area contributed by atoms with Gasteiger partial charge in [0.05, 0.1) is 0 Å². The van der Waals surface area contributed by atoms with Gasteiger partial charge in [0.15, 0.2) is 0 Å². The van der Waals surface area contributed by atoms with E-state index in [4.69, 9.17) is 0 Å². The number of hydrogen-bond donors (Lipinski definition) is 1. The molecule has 0 saturated carbocycles. The number of rotatable bonds is 6. The van der Waals surface area contributed by atoms with Crippen LogP contribution in [0.3, 0.4) is 0 Å². The third-order valence-electron chi connectivity index (χ3n) is 3.82. The predicted octanol–water partition coefficient (Wildman–Crippen LogP) is 2.82. The zero-order chi connectivity index (χ0) is 15.4. The van der Waals surface area contributed by atoms with Crippen molar-refractivity contribution in [2.45, 2.75) is 30.1 Å². The molecule has 0 radical (unpaired) electrons. The summed E-state index contributed by atoms with van der Waals surface area (Å²) in [5.41, 5.74) is 2.24. The molecule has 0 atom stereocenters. The molecule has 0 unspecified atom stereocenters.